The van der Waals surface area contributed by atoms with Crippen molar-refractivity contribution in [2.45, 2.75) is 69.9 Å². The molecule has 1 saturated carbocycles. The highest BCUT2D eigenvalue weighted by molar-refractivity contribution is 5.99. The average molecular weight is 570 g/mol. The van der Waals surface area contributed by atoms with Crippen LogP contribution in [0.3, 0.4) is 0 Å². The van der Waals surface area contributed by atoms with Crippen molar-refractivity contribution in [2.24, 2.45) is 0 Å². The van der Waals surface area contributed by atoms with Crippen molar-refractivity contribution in [1.29, 1.82) is 0 Å². The molecule has 0 atom stereocenters. The van der Waals surface area contributed by atoms with Gasteiger partial charge in [-0.1, -0.05) is 54.6 Å². The van der Waals surface area contributed by atoms with E-state index in [4.69, 9.17) is 4.42 Å². The maximum atomic E-state index is 13.2. The van der Waals surface area contributed by atoms with E-state index in [1.54, 1.807) is 82.3 Å². The summed E-state index contributed by atoms with van der Waals surface area (Å²) in [6, 6.07) is 15.6. The molecule has 0 bridgehead atoms. The van der Waals surface area contributed by atoms with Crippen molar-refractivity contribution in [3.8, 4) is 22.5 Å². The van der Waals surface area contributed by atoms with Crippen LogP contribution in [0, 0.1) is 0 Å². The van der Waals surface area contributed by atoms with Gasteiger partial charge in [-0.2, -0.15) is 13.2 Å². The number of benzene rings is 2. The standard InChI is InChI=1S/C30H30F3N3O5/c1-27(2,3)36(26(38)39)29(14-28(4,40)15-29)20-12-10-19(11-13-20)23-21(18-8-6-5-7-9-18)22-24(41-23)34-17-35(25(22)37)16-30(31,32)33/h5-13,17,40H,14-16H2,1-4H3,(H,38,39)/t28-,29+. The van der Waals surface area contributed by atoms with Crippen LogP contribution in [0.4, 0.5) is 18.0 Å². The third-order valence-corrected chi connectivity index (χ3v) is 7.41. The summed E-state index contributed by atoms with van der Waals surface area (Å²) < 4.78 is 45.9. The number of halogens is 3. The molecule has 41 heavy (non-hydrogen) atoms. The summed E-state index contributed by atoms with van der Waals surface area (Å²) in [5.74, 6) is 0.243. The van der Waals surface area contributed by atoms with Crippen molar-refractivity contribution >= 4 is 17.2 Å². The molecule has 0 unspecified atom stereocenters. The molecular formula is C30H30F3N3O5. The molecule has 4 aromatic rings. The van der Waals surface area contributed by atoms with Gasteiger partial charge in [0, 0.05) is 29.5 Å². The smallest absolute Gasteiger partial charge is 0.408 e. The summed E-state index contributed by atoms with van der Waals surface area (Å²) >= 11 is 0. The maximum absolute atomic E-state index is 13.2. The minimum absolute atomic E-state index is 0.0710. The Kier molecular flexibility index (Phi) is 6.56. The zero-order valence-electron chi connectivity index (χ0n) is 23.0. The molecule has 2 aromatic carbocycles. The number of fused-ring (bicyclic) bond motifs is 1. The molecule has 0 saturated heterocycles. The van der Waals surface area contributed by atoms with E-state index in [1.165, 1.54) is 4.90 Å². The lowest BCUT2D eigenvalue weighted by molar-refractivity contribution is -0.152. The number of hydrogen-bond donors (Lipinski definition) is 2. The van der Waals surface area contributed by atoms with E-state index in [-0.39, 0.29) is 29.7 Å². The number of nitrogens with zero attached hydrogens (tertiary/aromatic N) is 3. The molecule has 1 fully saturated rings. The lowest BCUT2D eigenvalue weighted by Gasteiger charge is -2.60. The van der Waals surface area contributed by atoms with Crippen molar-refractivity contribution < 1.29 is 32.6 Å². The lowest BCUT2D eigenvalue weighted by Crippen LogP contribution is -2.67. The fraction of sp³-hybridized carbons (Fsp3) is 0.367. The zero-order valence-corrected chi connectivity index (χ0v) is 23.0. The first-order valence-electron chi connectivity index (χ1n) is 13.0. The quantitative estimate of drug-likeness (QED) is 0.288. The summed E-state index contributed by atoms with van der Waals surface area (Å²) in [4.78, 5) is 31.1. The molecule has 2 aromatic heterocycles. The van der Waals surface area contributed by atoms with Crippen LogP contribution in [0.2, 0.25) is 0 Å². The summed E-state index contributed by atoms with van der Waals surface area (Å²) in [5, 5.41) is 20.7. The molecule has 5 rings (SSSR count). The number of carbonyl (C=O) groups is 1. The molecule has 1 aliphatic carbocycles. The molecular weight excluding hydrogens is 539 g/mol. The Bertz CT molecular complexity index is 1660. The lowest BCUT2D eigenvalue weighted by atomic mass is 9.60. The average Bonchev–Trinajstić information content (AvgIpc) is 3.24. The van der Waals surface area contributed by atoms with Crippen molar-refractivity contribution in [2.75, 3.05) is 0 Å². The summed E-state index contributed by atoms with van der Waals surface area (Å²) in [6.07, 6.45) is -4.51. The molecule has 0 radical (unpaired) electrons. The molecule has 2 N–H and O–H groups in total. The second-order valence-corrected chi connectivity index (χ2v) is 11.9. The highest BCUT2D eigenvalue weighted by atomic mass is 19.4. The molecule has 216 valence electrons. The first-order chi connectivity index (χ1) is 19.0. The van der Waals surface area contributed by atoms with Gasteiger partial charge in [0.2, 0.25) is 5.71 Å². The predicted molar refractivity (Wildman–Crippen MR) is 146 cm³/mol. The second-order valence-electron chi connectivity index (χ2n) is 11.9. The Morgan fingerprint density at radius 1 is 1.05 bits per heavy atom. The van der Waals surface area contributed by atoms with Gasteiger partial charge in [0.15, 0.2) is 0 Å². The molecule has 1 amide bonds. The Balaban J connectivity index is 1.67. The number of amides is 1. The number of rotatable bonds is 5. The third-order valence-electron chi connectivity index (χ3n) is 7.41. The normalized spacial score (nSPS) is 21.1. The second kappa shape index (κ2) is 9.47. The van der Waals surface area contributed by atoms with Gasteiger partial charge >= 0.3 is 12.3 Å². The van der Waals surface area contributed by atoms with E-state index < -0.39 is 41.1 Å². The maximum Gasteiger partial charge on any atom is 0.408 e. The van der Waals surface area contributed by atoms with E-state index in [1.807, 2.05) is 0 Å². The van der Waals surface area contributed by atoms with Gasteiger partial charge in [0.05, 0.1) is 11.1 Å². The van der Waals surface area contributed by atoms with Gasteiger partial charge in [0.25, 0.3) is 5.56 Å². The van der Waals surface area contributed by atoms with E-state index in [2.05, 4.69) is 4.98 Å². The van der Waals surface area contributed by atoms with Crippen LogP contribution in [0.25, 0.3) is 33.6 Å². The topological polar surface area (TPSA) is 109 Å². The minimum atomic E-state index is -4.62. The Morgan fingerprint density at radius 2 is 1.66 bits per heavy atom. The van der Waals surface area contributed by atoms with Crippen molar-refractivity contribution in [3.05, 3.63) is 76.8 Å². The van der Waals surface area contributed by atoms with Crippen molar-refractivity contribution in [1.82, 2.24) is 14.5 Å². The molecule has 0 spiro atoms. The SMILES string of the molecule is CC(C)(C)N(C(=O)O)[C@]1(c2ccc(-c3oc4ncn(CC(F)(F)F)c(=O)c4c3-c3ccccc3)cc2)C[C@](C)(O)C1. The summed E-state index contributed by atoms with van der Waals surface area (Å²) in [5.41, 5.74) is -1.69. The molecule has 8 nitrogen and oxygen atoms in total. The van der Waals surface area contributed by atoms with Crippen LogP contribution in [-0.2, 0) is 12.1 Å². The molecule has 2 heterocycles. The first kappa shape index (κ1) is 28.4. The fourth-order valence-electron chi connectivity index (χ4n) is 6.16. The van der Waals surface area contributed by atoms with Gasteiger partial charge in [0.1, 0.15) is 24.0 Å². The first-order valence-corrected chi connectivity index (χ1v) is 13.0. The number of aliphatic hydroxyl groups is 1. The van der Waals surface area contributed by atoms with Gasteiger partial charge in [-0.3, -0.25) is 14.3 Å². The number of furan rings is 1. The number of carboxylic acid groups (broad SMARTS) is 1. The van der Waals surface area contributed by atoms with E-state index >= 15 is 0 Å². The third kappa shape index (κ3) is 5.10. The van der Waals surface area contributed by atoms with Gasteiger partial charge in [-0.15, -0.1) is 0 Å². The zero-order chi connectivity index (χ0) is 30.0. The van der Waals surface area contributed by atoms with Crippen molar-refractivity contribution in [3.63, 3.8) is 0 Å². The summed E-state index contributed by atoms with van der Waals surface area (Å²) in [7, 11) is 0. The Hall–Kier alpha value is -4.12. The van der Waals surface area contributed by atoms with E-state index in [0.717, 1.165) is 6.33 Å². The van der Waals surface area contributed by atoms with Crippen LogP contribution in [0.5, 0.6) is 0 Å². The van der Waals surface area contributed by atoms with Gasteiger partial charge < -0.3 is 14.6 Å². The van der Waals surface area contributed by atoms with E-state index in [0.29, 0.717) is 26.8 Å². The number of aromatic nitrogens is 2. The van der Waals surface area contributed by atoms with Gasteiger partial charge in [-0.05, 0) is 38.8 Å². The van der Waals surface area contributed by atoms with Crippen LogP contribution < -0.4 is 5.56 Å². The highest BCUT2D eigenvalue weighted by Gasteiger charge is 2.59. The van der Waals surface area contributed by atoms with Gasteiger partial charge in [-0.25, -0.2) is 9.78 Å². The predicted octanol–water partition coefficient (Wildman–Crippen LogP) is 6.40. The highest BCUT2D eigenvalue weighted by Crippen LogP contribution is 2.54. The van der Waals surface area contributed by atoms with Crippen LogP contribution in [-0.4, -0.2) is 48.1 Å². The van der Waals surface area contributed by atoms with Crippen LogP contribution >= 0.6 is 0 Å². The monoisotopic (exact) mass is 569 g/mol. The Morgan fingerprint density at radius 3 is 2.17 bits per heavy atom. The van der Waals surface area contributed by atoms with Crippen LogP contribution in [0.1, 0.15) is 46.1 Å². The largest absolute Gasteiger partial charge is 0.465 e. The summed E-state index contributed by atoms with van der Waals surface area (Å²) in [6.45, 7) is 5.56. The molecule has 11 heteroatoms. The minimum Gasteiger partial charge on any atom is -0.465 e. The van der Waals surface area contributed by atoms with E-state index in [9.17, 15) is 33.0 Å². The van der Waals surface area contributed by atoms with Crippen LogP contribution in [0.15, 0.2) is 70.1 Å². The fourth-order valence-corrected chi connectivity index (χ4v) is 6.16. The molecule has 1 aliphatic rings. The number of alkyl halides is 3. The Labute approximate surface area is 233 Å². The molecule has 0 aliphatic heterocycles. The number of hydrogen-bond acceptors (Lipinski definition) is 5.